The summed E-state index contributed by atoms with van der Waals surface area (Å²) in [5.74, 6) is 0. The van der Waals surface area contributed by atoms with Crippen LogP contribution in [0.25, 0.3) is 0 Å². The highest BCUT2D eigenvalue weighted by atomic mass is 32.2. The minimum absolute atomic E-state index is 0.182. The lowest BCUT2D eigenvalue weighted by Gasteiger charge is -2.36. The number of rotatable bonds is 7. The molecule has 1 fully saturated rings. The maximum absolute atomic E-state index is 12.6. The largest absolute Gasteiger partial charge is 0.369 e. The quantitative estimate of drug-likeness (QED) is 0.720. The lowest BCUT2D eigenvalue weighted by Crippen LogP contribution is -2.48. The predicted molar refractivity (Wildman–Crippen MR) is 110 cm³/mol. The zero-order valence-corrected chi connectivity index (χ0v) is 17.4. The molecule has 0 spiro atoms. The van der Waals surface area contributed by atoms with Crippen molar-refractivity contribution < 1.29 is 16.8 Å². The standard InChI is InChI=1S/C19H25N3O4S2/c1-27(23,24)18-9-5-6-10-19(18)28(25,26)20-11-12-21-13-15-22(16-14-21)17-7-3-2-4-8-17/h2-10,20H,11-16H2,1H3. The number of nitrogens with one attached hydrogen (secondary N) is 1. The van der Waals surface area contributed by atoms with Gasteiger partial charge in [0.05, 0.1) is 4.90 Å². The van der Waals surface area contributed by atoms with Crippen molar-refractivity contribution in [2.24, 2.45) is 0 Å². The van der Waals surface area contributed by atoms with Crippen molar-refractivity contribution >= 4 is 25.5 Å². The Labute approximate surface area is 166 Å². The third-order valence-corrected chi connectivity index (χ3v) is 7.56. The molecule has 1 heterocycles. The van der Waals surface area contributed by atoms with Crippen molar-refractivity contribution in [3.8, 4) is 0 Å². The number of anilines is 1. The van der Waals surface area contributed by atoms with Gasteiger partial charge in [-0.3, -0.25) is 4.90 Å². The van der Waals surface area contributed by atoms with Crippen LogP contribution >= 0.6 is 0 Å². The van der Waals surface area contributed by atoms with Crippen molar-refractivity contribution in [1.29, 1.82) is 0 Å². The lowest BCUT2D eigenvalue weighted by atomic mass is 10.2. The second-order valence-corrected chi connectivity index (χ2v) is 10.5. The molecule has 0 aliphatic carbocycles. The summed E-state index contributed by atoms with van der Waals surface area (Å²) in [6.07, 6.45) is 1.01. The van der Waals surface area contributed by atoms with Gasteiger partial charge in [0.1, 0.15) is 4.90 Å². The van der Waals surface area contributed by atoms with Gasteiger partial charge in [-0.15, -0.1) is 0 Å². The molecule has 0 amide bonds. The zero-order valence-electron chi connectivity index (χ0n) is 15.8. The molecule has 0 radical (unpaired) electrons. The van der Waals surface area contributed by atoms with Crippen molar-refractivity contribution in [1.82, 2.24) is 9.62 Å². The van der Waals surface area contributed by atoms with Gasteiger partial charge in [-0.25, -0.2) is 21.6 Å². The summed E-state index contributed by atoms with van der Waals surface area (Å²) in [7, 11) is -7.52. The summed E-state index contributed by atoms with van der Waals surface area (Å²) in [4.78, 5) is 4.12. The Morgan fingerprint density at radius 2 is 1.39 bits per heavy atom. The molecule has 152 valence electrons. The molecule has 3 rings (SSSR count). The molecule has 7 nitrogen and oxygen atoms in total. The molecular weight excluding hydrogens is 398 g/mol. The van der Waals surface area contributed by atoms with Gasteiger partial charge in [-0.05, 0) is 24.3 Å². The van der Waals surface area contributed by atoms with Gasteiger partial charge in [0.2, 0.25) is 10.0 Å². The fourth-order valence-corrected chi connectivity index (χ4v) is 5.91. The SMILES string of the molecule is CS(=O)(=O)c1ccccc1S(=O)(=O)NCCN1CCN(c2ccccc2)CC1. The lowest BCUT2D eigenvalue weighted by molar-refractivity contribution is 0.262. The van der Waals surface area contributed by atoms with E-state index in [0.29, 0.717) is 6.54 Å². The Kier molecular flexibility index (Phi) is 6.39. The van der Waals surface area contributed by atoms with Gasteiger partial charge < -0.3 is 4.90 Å². The molecular formula is C19H25N3O4S2. The van der Waals surface area contributed by atoms with E-state index >= 15 is 0 Å². The van der Waals surface area contributed by atoms with Crippen molar-refractivity contribution in [2.75, 3.05) is 50.4 Å². The zero-order chi connectivity index (χ0) is 20.2. The number of benzene rings is 2. The molecule has 0 unspecified atom stereocenters. The third kappa shape index (κ3) is 5.11. The van der Waals surface area contributed by atoms with Crippen LogP contribution in [0, 0.1) is 0 Å². The second kappa shape index (κ2) is 8.60. The molecule has 0 atom stereocenters. The monoisotopic (exact) mass is 423 g/mol. The number of hydrogen-bond donors (Lipinski definition) is 1. The number of piperazine rings is 1. The number of para-hydroxylation sites is 1. The summed E-state index contributed by atoms with van der Waals surface area (Å²) in [6, 6.07) is 15.9. The van der Waals surface area contributed by atoms with Crippen LogP contribution in [-0.4, -0.2) is 67.3 Å². The van der Waals surface area contributed by atoms with Crippen molar-refractivity contribution in [3.05, 3.63) is 54.6 Å². The summed E-state index contributed by atoms with van der Waals surface area (Å²) in [6.45, 7) is 4.25. The third-order valence-electron chi connectivity index (χ3n) is 4.75. The van der Waals surface area contributed by atoms with E-state index in [9.17, 15) is 16.8 Å². The number of hydrogen-bond acceptors (Lipinski definition) is 6. The van der Waals surface area contributed by atoms with Gasteiger partial charge in [-0.2, -0.15) is 0 Å². The Balaban J connectivity index is 1.55. The summed E-state index contributed by atoms with van der Waals surface area (Å²) in [5.41, 5.74) is 1.19. The molecule has 0 aromatic heterocycles. The minimum Gasteiger partial charge on any atom is -0.369 e. The van der Waals surface area contributed by atoms with E-state index in [-0.39, 0.29) is 16.3 Å². The molecule has 9 heteroatoms. The maximum Gasteiger partial charge on any atom is 0.241 e. The van der Waals surface area contributed by atoms with E-state index in [1.54, 1.807) is 0 Å². The van der Waals surface area contributed by atoms with Gasteiger partial charge in [0, 0.05) is 51.2 Å². The highest BCUT2D eigenvalue weighted by Gasteiger charge is 2.24. The van der Waals surface area contributed by atoms with Crippen LogP contribution in [0.1, 0.15) is 0 Å². The normalized spacial score (nSPS) is 16.2. The minimum atomic E-state index is -3.89. The van der Waals surface area contributed by atoms with Crippen LogP contribution in [0.2, 0.25) is 0 Å². The maximum atomic E-state index is 12.6. The van der Waals surface area contributed by atoms with Gasteiger partial charge in [-0.1, -0.05) is 30.3 Å². The second-order valence-electron chi connectivity index (χ2n) is 6.78. The van der Waals surface area contributed by atoms with E-state index in [4.69, 9.17) is 0 Å². The van der Waals surface area contributed by atoms with Crippen molar-refractivity contribution in [2.45, 2.75) is 9.79 Å². The van der Waals surface area contributed by atoms with E-state index in [1.165, 1.54) is 30.0 Å². The summed E-state index contributed by atoms with van der Waals surface area (Å²) >= 11 is 0. The number of sulfone groups is 1. The first-order valence-corrected chi connectivity index (χ1v) is 12.5. The molecule has 1 saturated heterocycles. The van der Waals surface area contributed by atoms with E-state index < -0.39 is 19.9 Å². The molecule has 2 aromatic rings. The molecule has 0 saturated carbocycles. The van der Waals surface area contributed by atoms with Crippen LogP contribution in [0.5, 0.6) is 0 Å². The molecule has 1 N–H and O–H groups in total. The molecule has 1 aliphatic heterocycles. The molecule has 0 bridgehead atoms. The van der Waals surface area contributed by atoms with Gasteiger partial charge >= 0.3 is 0 Å². The number of nitrogens with zero attached hydrogens (tertiary/aromatic N) is 2. The van der Waals surface area contributed by atoms with Crippen LogP contribution < -0.4 is 9.62 Å². The van der Waals surface area contributed by atoms with Crippen LogP contribution in [-0.2, 0) is 19.9 Å². The predicted octanol–water partition coefficient (Wildman–Crippen LogP) is 1.19. The van der Waals surface area contributed by atoms with Crippen LogP contribution in [0.3, 0.4) is 0 Å². The first kappa shape index (κ1) is 20.8. The Morgan fingerprint density at radius 3 is 2.00 bits per heavy atom. The van der Waals surface area contributed by atoms with Crippen molar-refractivity contribution in [3.63, 3.8) is 0 Å². The smallest absolute Gasteiger partial charge is 0.241 e. The van der Waals surface area contributed by atoms with E-state index in [0.717, 1.165) is 32.4 Å². The highest BCUT2D eigenvalue weighted by Crippen LogP contribution is 2.20. The molecule has 1 aliphatic rings. The van der Waals surface area contributed by atoms with Gasteiger partial charge in [0.15, 0.2) is 9.84 Å². The first-order valence-electron chi connectivity index (χ1n) is 9.08. The fourth-order valence-electron chi connectivity index (χ4n) is 3.26. The average molecular weight is 424 g/mol. The fraction of sp³-hybridized carbons (Fsp3) is 0.368. The Hall–Kier alpha value is -1.94. The Morgan fingerprint density at radius 1 is 0.821 bits per heavy atom. The number of sulfonamides is 1. The van der Waals surface area contributed by atoms with Crippen LogP contribution in [0.15, 0.2) is 64.4 Å². The van der Waals surface area contributed by atoms with Crippen LogP contribution in [0.4, 0.5) is 5.69 Å². The van der Waals surface area contributed by atoms with E-state index in [1.807, 2.05) is 18.2 Å². The molecule has 2 aromatic carbocycles. The summed E-state index contributed by atoms with van der Waals surface area (Å²) < 4.78 is 51.4. The summed E-state index contributed by atoms with van der Waals surface area (Å²) in [5, 5.41) is 0. The van der Waals surface area contributed by atoms with E-state index in [2.05, 4.69) is 26.7 Å². The first-order chi connectivity index (χ1) is 13.3. The van der Waals surface area contributed by atoms with Gasteiger partial charge in [0.25, 0.3) is 0 Å². The Bertz CT molecular complexity index is 1000. The highest BCUT2D eigenvalue weighted by molar-refractivity contribution is 7.93. The molecule has 28 heavy (non-hydrogen) atoms. The average Bonchev–Trinajstić information content (AvgIpc) is 2.68. The topological polar surface area (TPSA) is 86.8 Å².